The van der Waals surface area contributed by atoms with E-state index in [2.05, 4.69) is 4.99 Å². The molecular weight excluding hydrogens is 222 g/mol. The van der Waals surface area contributed by atoms with Crippen molar-refractivity contribution >= 4 is 6.21 Å². The van der Waals surface area contributed by atoms with Crippen molar-refractivity contribution in [2.75, 3.05) is 34.5 Å². The summed E-state index contributed by atoms with van der Waals surface area (Å²) in [6, 6.07) is 3.51. The average Bonchev–Trinajstić information content (AvgIpc) is 2.38. The third-order valence-corrected chi connectivity index (χ3v) is 2.20. The van der Waals surface area contributed by atoms with Crippen LogP contribution in [0.15, 0.2) is 17.1 Å². The second kappa shape index (κ2) is 6.75. The predicted octanol–water partition coefficient (Wildman–Crippen LogP) is 1.12. The van der Waals surface area contributed by atoms with Gasteiger partial charge in [-0.15, -0.1) is 0 Å². The molecule has 0 spiro atoms. The number of nitrogens with zero attached hydrogens (tertiary/aromatic N) is 1. The molecule has 0 saturated heterocycles. The smallest absolute Gasteiger partial charge is 0.135 e. The molecule has 0 heterocycles. The molecular formula is C12H17NO4. The van der Waals surface area contributed by atoms with Crippen molar-refractivity contribution in [3.8, 4) is 17.2 Å². The van der Waals surface area contributed by atoms with E-state index in [1.807, 2.05) is 0 Å². The Kier molecular flexibility index (Phi) is 5.29. The molecule has 0 amide bonds. The zero-order valence-electron chi connectivity index (χ0n) is 10.3. The van der Waals surface area contributed by atoms with Crippen LogP contribution in [-0.4, -0.2) is 45.8 Å². The van der Waals surface area contributed by atoms with Crippen LogP contribution >= 0.6 is 0 Å². The van der Waals surface area contributed by atoms with Gasteiger partial charge in [-0.05, 0) is 0 Å². The molecule has 94 valence electrons. The number of methoxy groups -OCH3 is 3. The standard InChI is InChI=1S/C12H17NO4/c1-15-9-6-11(16-2)10(8-13-4-5-14)12(7-9)17-3/h6-8,14H,4-5H2,1-3H3. The number of aliphatic hydroxyl groups excluding tert-OH is 1. The normalized spacial score (nSPS) is 10.6. The first-order chi connectivity index (χ1) is 8.26. The van der Waals surface area contributed by atoms with E-state index in [9.17, 15) is 0 Å². The van der Waals surface area contributed by atoms with Gasteiger partial charge in [-0.25, -0.2) is 0 Å². The average molecular weight is 239 g/mol. The summed E-state index contributed by atoms with van der Waals surface area (Å²) in [6.07, 6.45) is 1.62. The van der Waals surface area contributed by atoms with Gasteiger partial charge in [-0.2, -0.15) is 0 Å². The first-order valence-electron chi connectivity index (χ1n) is 5.17. The lowest BCUT2D eigenvalue weighted by molar-refractivity contribution is 0.307. The highest BCUT2D eigenvalue weighted by Gasteiger charge is 2.10. The highest BCUT2D eigenvalue weighted by molar-refractivity contribution is 5.88. The molecule has 5 heteroatoms. The van der Waals surface area contributed by atoms with Gasteiger partial charge in [0.2, 0.25) is 0 Å². The van der Waals surface area contributed by atoms with Crippen molar-refractivity contribution < 1.29 is 19.3 Å². The van der Waals surface area contributed by atoms with Gasteiger partial charge in [-0.3, -0.25) is 4.99 Å². The van der Waals surface area contributed by atoms with Gasteiger partial charge in [-0.1, -0.05) is 0 Å². The summed E-state index contributed by atoms with van der Waals surface area (Å²) in [5, 5.41) is 8.68. The fourth-order valence-electron chi connectivity index (χ4n) is 1.37. The van der Waals surface area contributed by atoms with Crippen LogP contribution in [0.5, 0.6) is 17.2 Å². The first-order valence-corrected chi connectivity index (χ1v) is 5.17. The molecule has 0 radical (unpaired) electrons. The van der Waals surface area contributed by atoms with Crippen LogP contribution in [0.4, 0.5) is 0 Å². The number of benzene rings is 1. The fraction of sp³-hybridized carbons (Fsp3) is 0.417. The van der Waals surface area contributed by atoms with Crippen molar-refractivity contribution in [2.24, 2.45) is 4.99 Å². The monoisotopic (exact) mass is 239 g/mol. The molecule has 0 aliphatic carbocycles. The van der Waals surface area contributed by atoms with Crippen molar-refractivity contribution in [2.45, 2.75) is 0 Å². The zero-order valence-corrected chi connectivity index (χ0v) is 10.3. The lowest BCUT2D eigenvalue weighted by Gasteiger charge is -2.12. The Labute approximate surface area is 101 Å². The Hall–Kier alpha value is -1.75. The quantitative estimate of drug-likeness (QED) is 0.756. The van der Waals surface area contributed by atoms with E-state index in [4.69, 9.17) is 19.3 Å². The topological polar surface area (TPSA) is 60.3 Å². The maximum absolute atomic E-state index is 8.68. The first kappa shape index (κ1) is 13.3. The SMILES string of the molecule is COc1cc(OC)c(C=NCCO)c(OC)c1. The summed E-state index contributed by atoms with van der Waals surface area (Å²) >= 11 is 0. The summed E-state index contributed by atoms with van der Waals surface area (Å²) in [6.45, 7) is 0.357. The maximum Gasteiger partial charge on any atom is 0.135 e. The summed E-state index contributed by atoms with van der Waals surface area (Å²) in [5.41, 5.74) is 0.726. The fourth-order valence-corrected chi connectivity index (χ4v) is 1.37. The Morgan fingerprint density at radius 3 is 2.12 bits per heavy atom. The van der Waals surface area contributed by atoms with Crippen LogP contribution in [0.3, 0.4) is 0 Å². The zero-order chi connectivity index (χ0) is 12.7. The number of rotatable bonds is 6. The summed E-state index contributed by atoms with van der Waals surface area (Å²) in [7, 11) is 4.71. The maximum atomic E-state index is 8.68. The molecule has 1 N–H and O–H groups in total. The Bertz CT molecular complexity index is 365. The molecule has 0 aliphatic rings. The minimum absolute atomic E-state index is 0.0112. The van der Waals surface area contributed by atoms with Gasteiger partial charge in [0.05, 0.1) is 40.0 Å². The second-order valence-electron chi connectivity index (χ2n) is 3.20. The molecule has 0 fully saturated rings. The molecule has 1 aromatic rings. The number of ether oxygens (including phenoxy) is 3. The highest BCUT2D eigenvalue weighted by atomic mass is 16.5. The van der Waals surface area contributed by atoms with Gasteiger partial charge in [0, 0.05) is 18.3 Å². The molecule has 0 aliphatic heterocycles. The predicted molar refractivity (Wildman–Crippen MR) is 65.6 cm³/mol. The summed E-state index contributed by atoms with van der Waals surface area (Å²) in [4.78, 5) is 4.06. The Balaban J connectivity index is 3.15. The Morgan fingerprint density at radius 1 is 1.12 bits per heavy atom. The number of hydrogen-bond acceptors (Lipinski definition) is 5. The van der Waals surface area contributed by atoms with Crippen LogP contribution in [0, 0.1) is 0 Å². The lowest BCUT2D eigenvalue weighted by Crippen LogP contribution is -1.98. The van der Waals surface area contributed by atoms with Crippen molar-refractivity contribution in [1.82, 2.24) is 0 Å². The Morgan fingerprint density at radius 2 is 1.71 bits per heavy atom. The minimum Gasteiger partial charge on any atom is -0.496 e. The van der Waals surface area contributed by atoms with E-state index in [0.29, 0.717) is 23.8 Å². The third-order valence-electron chi connectivity index (χ3n) is 2.20. The molecule has 0 unspecified atom stereocenters. The summed E-state index contributed by atoms with van der Waals surface area (Å²) < 4.78 is 15.6. The van der Waals surface area contributed by atoms with E-state index in [0.717, 1.165) is 5.56 Å². The number of hydrogen-bond donors (Lipinski definition) is 1. The second-order valence-corrected chi connectivity index (χ2v) is 3.20. The molecule has 0 aromatic heterocycles. The molecule has 5 nitrogen and oxygen atoms in total. The van der Waals surface area contributed by atoms with Crippen LogP contribution in [-0.2, 0) is 0 Å². The molecule has 0 saturated carbocycles. The van der Waals surface area contributed by atoms with Gasteiger partial charge < -0.3 is 19.3 Å². The summed E-state index contributed by atoms with van der Waals surface area (Å²) in [5.74, 6) is 1.88. The molecule has 1 rings (SSSR count). The number of aliphatic hydroxyl groups is 1. The van der Waals surface area contributed by atoms with Crippen molar-refractivity contribution in [1.29, 1.82) is 0 Å². The molecule has 0 atom stereocenters. The van der Waals surface area contributed by atoms with E-state index >= 15 is 0 Å². The molecule has 1 aromatic carbocycles. The van der Waals surface area contributed by atoms with E-state index in [-0.39, 0.29) is 6.61 Å². The van der Waals surface area contributed by atoms with Crippen LogP contribution in [0.2, 0.25) is 0 Å². The van der Waals surface area contributed by atoms with Crippen LogP contribution < -0.4 is 14.2 Å². The largest absolute Gasteiger partial charge is 0.496 e. The van der Waals surface area contributed by atoms with Crippen molar-refractivity contribution in [3.05, 3.63) is 17.7 Å². The van der Waals surface area contributed by atoms with Crippen LogP contribution in [0.1, 0.15) is 5.56 Å². The van der Waals surface area contributed by atoms with Crippen LogP contribution in [0.25, 0.3) is 0 Å². The molecule has 0 bridgehead atoms. The van der Waals surface area contributed by atoms with E-state index < -0.39 is 0 Å². The number of aliphatic imine (C=N–C) groups is 1. The highest BCUT2D eigenvalue weighted by Crippen LogP contribution is 2.32. The third kappa shape index (κ3) is 3.35. The van der Waals surface area contributed by atoms with Gasteiger partial charge in [0.25, 0.3) is 0 Å². The lowest BCUT2D eigenvalue weighted by atomic mass is 10.2. The molecule has 17 heavy (non-hydrogen) atoms. The minimum atomic E-state index is 0.0112. The van der Waals surface area contributed by atoms with Gasteiger partial charge in [0.1, 0.15) is 17.2 Å². The van der Waals surface area contributed by atoms with E-state index in [1.54, 1.807) is 39.7 Å². The van der Waals surface area contributed by atoms with Gasteiger partial charge in [0.15, 0.2) is 0 Å². The van der Waals surface area contributed by atoms with E-state index in [1.165, 1.54) is 0 Å². The van der Waals surface area contributed by atoms with Crippen molar-refractivity contribution in [3.63, 3.8) is 0 Å². The van der Waals surface area contributed by atoms with Gasteiger partial charge >= 0.3 is 0 Å².